The Hall–Kier alpha value is -1.89. The van der Waals surface area contributed by atoms with Crippen molar-refractivity contribution < 1.29 is 34.2 Å². The third-order valence-electron chi connectivity index (χ3n) is 8.06. The van der Waals surface area contributed by atoms with E-state index in [1.807, 2.05) is 6.08 Å². The van der Waals surface area contributed by atoms with Crippen molar-refractivity contribution in [2.45, 2.75) is 161 Å². The SMILES string of the molecule is CCCCCCCCCCCCCCCC/C=C/C[N+](C(CC)C(=O)[O-])(C(CC)C(=O)O)C(CC)C(=O)O. The highest BCUT2D eigenvalue weighted by atomic mass is 16.4. The molecule has 0 aliphatic carbocycles. The van der Waals surface area contributed by atoms with Crippen molar-refractivity contribution in [2.24, 2.45) is 0 Å². The largest absolute Gasteiger partial charge is 0.544 e. The fraction of sp³-hybridized carbons (Fsp3) is 0.839. The van der Waals surface area contributed by atoms with Crippen molar-refractivity contribution in [1.29, 1.82) is 0 Å². The molecule has 0 aromatic rings. The van der Waals surface area contributed by atoms with Gasteiger partial charge in [-0.25, -0.2) is 9.59 Å². The summed E-state index contributed by atoms with van der Waals surface area (Å²) in [7, 11) is 0. The summed E-state index contributed by atoms with van der Waals surface area (Å²) in [5.74, 6) is -3.74. The van der Waals surface area contributed by atoms with Gasteiger partial charge in [0.05, 0.1) is 12.5 Å². The normalized spacial score (nSPS) is 15.7. The number of quaternary nitrogens is 1. The van der Waals surface area contributed by atoms with Crippen LogP contribution in [0.4, 0.5) is 0 Å². The van der Waals surface area contributed by atoms with E-state index in [1.165, 1.54) is 77.0 Å². The minimum Gasteiger partial charge on any atom is -0.544 e. The van der Waals surface area contributed by atoms with Gasteiger partial charge in [0.25, 0.3) is 0 Å². The van der Waals surface area contributed by atoms with Crippen LogP contribution in [-0.2, 0) is 14.4 Å². The number of carboxylic acid groups (broad SMARTS) is 3. The van der Waals surface area contributed by atoms with Gasteiger partial charge >= 0.3 is 11.9 Å². The number of carboxylic acids is 3. The topological polar surface area (TPSA) is 115 Å². The molecular formula is C31H57NO6. The number of rotatable bonds is 26. The van der Waals surface area contributed by atoms with E-state index in [2.05, 4.69) is 6.92 Å². The predicted molar refractivity (Wildman–Crippen MR) is 152 cm³/mol. The molecule has 0 bridgehead atoms. The van der Waals surface area contributed by atoms with E-state index in [9.17, 15) is 29.7 Å². The van der Waals surface area contributed by atoms with E-state index >= 15 is 0 Å². The van der Waals surface area contributed by atoms with Crippen LogP contribution in [0.3, 0.4) is 0 Å². The molecule has 0 saturated carbocycles. The van der Waals surface area contributed by atoms with E-state index in [-0.39, 0.29) is 25.8 Å². The van der Waals surface area contributed by atoms with Crippen molar-refractivity contribution in [3.63, 3.8) is 0 Å². The quantitative estimate of drug-likeness (QED) is 0.0738. The summed E-state index contributed by atoms with van der Waals surface area (Å²) in [5, 5.41) is 32.0. The van der Waals surface area contributed by atoms with Gasteiger partial charge in [-0.05, 0) is 18.9 Å². The molecular weight excluding hydrogens is 482 g/mol. The zero-order chi connectivity index (χ0) is 28.8. The number of hydrogen-bond donors (Lipinski definition) is 2. The molecule has 0 aromatic carbocycles. The van der Waals surface area contributed by atoms with Crippen molar-refractivity contribution in [1.82, 2.24) is 0 Å². The minimum atomic E-state index is -1.40. The van der Waals surface area contributed by atoms with E-state index in [1.54, 1.807) is 26.8 Å². The Labute approximate surface area is 232 Å². The number of aliphatic carboxylic acids is 3. The van der Waals surface area contributed by atoms with E-state index in [0.29, 0.717) is 0 Å². The minimum absolute atomic E-state index is 0.0424. The summed E-state index contributed by atoms with van der Waals surface area (Å²) in [5.41, 5.74) is 0. The van der Waals surface area contributed by atoms with Gasteiger partial charge in [-0.3, -0.25) is 4.48 Å². The third-order valence-corrected chi connectivity index (χ3v) is 8.06. The summed E-state index contributed by atoms with van der Waals surface area (Å²) in [6, 6.07) is -3.52. The van der Waals surface area contributed by atoms with E-state index in [4.69, 9.17) is 0 Å². The number of allylic oxidation sites excluding steroid dienone is 1. The lowest BCUT2D eigenvalue weighted by atomic mass is 9.94. The summed E-state index contributed by atoms with van der Waals surface area (Å²) in [4.78, 5) is 36.5. The summed E-state index contributed by atoms with van der Waals surface area (Å²) < 4.78 is -0.550. The predicted octanol–water partition coefficient (Wildman–Crippen LogP) is 6.49. The fourth-order valence-corrected chi connectivity index (χ4v) is 6.01. The van der Waals surface area contributed by atoms with Gasteiger partial charge in [-0.2, -0.15) is 0 Å². The molecule has 7 nitrogen and oxygen atoms in total. The van der Waals surface area contributed by atoms with Crippen LogP contribution in [0.15, 0.2) is 12.2 Å². The molecule has 7 heteroatoms. The molecule has 0 heterocycles. The Morgan fingerprint density at radius 1 is 0.605 bits per heavy atom. The first-order valence-electron chi connectivity index (χ1n) is 15.4. The van der Waals surface area contributed by atoms with Crippen molar-refractivity contribution in [2.75, 3.05) is 6.54 Å². The van der Waals surface area contributed by atoms with Gasteiger partial charge in [0.15, 0.2) is 12.1 Å². The summed E-state index contributed by atoms with van der Waals surface area (Å²) >= 11 is 0. The third kappa shape index (κ3) is 12.8. The molecule has 222 valence electrons. The molecule has 0 saturated heterocycles. The number of hydrogen-bond acceptors (Lipinski definition) is 4. The van der Waals surface area contributed by atoms with Gasteiger partial charge < -0.3 is 20.1 Å². The summed E-state index contributed by atoms with van der Waals surface area (Å²) in [6.45, 7) is 7.28. The highest BCUT2D eigenvalue weighted by molar-refractivity contribution is 5.77. The van der Waals surface area contributed by atoms with E-state index in [0.717, 1.165) is 19.3 Å². The maximum Gasteiger partial charge on any atom is 0.362 e. The molecule has 0 radical (unpaired) electrons. The number of carbonyl (C=O) groups is 3. The lowest BCUT2D eigenvalue weighted by Crippen LogP contribution is -2.73. The second-order valence-corrected chi connectivity index (χ2v) is 10.8. The molecule has 0 fully saturated rings. The average Bonchev–Trinajstić information content (AvgIpc) is 2.86. The molecule has 0 amide bonds. The van der Waals surface area contributed by atoms with Gasteiger partial charge in [-0.15, -0.1) is 0 Å². The Kier molecular flexibility index (Phi) is 20.9. The molecule has 0 rings (SSSR count). The maximum atomic E-state index is 12.2. The zero-order valence-electron chi connectivity index (χ0n) is 24.8. The number of carbonyl (C=O) groups excluding carboxylic acids is 1. The van der Waals surface area contributed by atoms with Crippen molar-refractivity contribution in [3.8, 4) is 0 Å². The Balaban J connectivity index is 4.76. The highest BCUT2D eigenvalue weighted by Crippen LogP contribution is 2.31. The molecule has 38 heavy (non-hydrogen) atoms. The van der Waals surface area contributed by atoms with Gasteiger partial charge in [-0.1, -0.05) is 117 Å². The second kappa shape index (κ2) is 22.0. The monoisotopic (exact) mass is 539 g/mol. The average molecular weight is 540 g/mol. The zero-order valence-corrected chi connectivity index (χ0v) is 24.8. The lowest BCUT2D eigenvalue weighted by molar-refractivity contribution is -0.969. The van der Waals surface area contributed by atoms with Gasteiger partial charge in [0.2, 0.25) is 0 Å². The van der Waals surface area contributed by atoms with Crippen molar-refractivity contribution in [3.05, 3.63) is 12.2 Å². The van der Waals surface area contributed by atoms with Crippen molar-refractivity contribution >= 4 is 17.9 Å². The molecule has 0 aliphatic rings. The van der Waals surface area contributed by atoms with Crippen LogP contribution in [0, 0.1) is 0 Å². The van der Waals surface area contributed by atoms with Crippen LogP contribution in [-0.4, -0.2) is 57.3 Å². The van der Waals surface area contributed by atoms with Crippen LogP contribution in [0.25, 0.3) is 0 Å². The van der Waals surface area contributed by atoms with Crippen LogP contribution < -0.4 is 5.11 Å². The summed E-state index contributed by atoms with van der Waals surface area (Å²) in [6.07, 6.45) is 23.0. The fourth-order valence-electron chi connectivity index (χ4n) is 6.01. The van der Waals surface area contributed by atoms with Crippen LogP contribution >= 0.6 is 0 Å². The number of unbranched alkanes of at least 4 members (excludes halogenated alkanes) is 14. The smallest absolute Gasteiger partial charge is 0.362 e. The first-order chi connectivity index (χ1) is 18.2. The first-order valence-corrected chi connectivity index (χ1v) is 15.4. The molecule has 3 atom stereocenters. The molecule has 0 spiro atoms. The van der Waals surface area contributed by atoms with Crippen LogP contribution in [0.1, 0.15) is 143 Å². The Morgan fingerprint density at radius 3 is 1.29 bits per heavy atom. The molecule has 2 N–H and O–H groups in total. The Morgan fingerprint density at radius 2 is 0.974 bits per heavy atom. The first kappa shape index (κ1) is 36.1. The standard InChI is InChI=1S/C31H57NO6/c1-5-9-10-11-12-13-14-15-16-17-18-19-20-21-22-23-24-25-32(26(6-2)29(33)34,27(7-3)30(35)36)28(8-4)31(37)38/h23-24,26-28H,5-22,25H2,1-4H3,(H2-,33,34,35,36,37,38)/b24-23+. The molecule has 3 unspecified atom stereocenters. The lowest BCUT2D eigenvalue weighted by Gasteiger charge is -2.51. The maximum absolute atomic E-state index is 12.2. The van der Waals surface area contributed by atoms with Gasteiger partial charge in [0, 0.05) is 19.3 Å². The van der Waals surface area contributed by atoms with Crippen LogP contribution in [0.2, 0.25) is 0 Å². The molecule has 0 aromatic heterocycles. The second-order valence-electron chi connectivity index (χ2n) is 10.8. The Bertz CT molecular complexity index is 622. The molecule has 0 aliphatic heterocycles. The van der Waals surface area contributed by atoms with E-state index < -0.39 is 40.5 Å². The highest BCUT2D eigenvalue weighted by Gasteiger charge is 2.53. The van der Waals surface area contributed by atoms with Crippen LogP contribution in [0.5, 0.6) is 0 Å². The number of nitrogens with zero attached hydrogens (tertiary/aromatic N) is 1. The van der Waals surface area contributed by atoms with Gasteiger partial charge in [0.1, 0.15) is 6.04 Å².